The minimum Gasteiger partial charge on any atom is -0.320 e. The number of pyridine rings is 1. The molecule has 0 atom stereocenters. The molecule has 0 radical (unpaired) electrons. The van der Waals surface area contributed by atoms with Crippen LogP contribution in [0.15, 0.2) is 36.5 Å². The van der Waals surface area contributed by atoms with Gasteiger partial charge >= 0.3 is 0 Å². The fourth-order valence-corrected chi connectivity index (χ4v) is 2.81. The molecule has 2 aromatic heterocycles. The highest BCUT2D eigenvalue weighted by Gasteiger charge is 2.07. The lowest BCUT2D eigenvalue weighted by atomic mass is 10.3. The fraction of sp³-hybridized carbons (Fsp3) is 0.312. The minimum absolute atomic E-state index is 0.411. The van der Waals surface area contributed by atoms with Crippen LogP contribution in [0.3, 0.4) is 0 Å². The van der Waals surface area contributed by atoms with Crippen LogP contribution in [0.4, 0.5) is 0 Å². The van der Waals surface area contributed by atoms with Gasteiger partial charge in [0.25, 0.3) is 0 Å². The van der Waals surface area contributed by atoms with E-state index in [1.54, 1.807) is 11.3 Å². The molecule has 0 saturated heterocycles. The van der Waals surface area contributed by atoms with Gasteiger partial charge in [-0.2, -0.15) is 0 Å². The normalized spacial score (nSPS) is 10.3. The van der Waals surface area contributed by atoms with Crippen LogP contribution >= 0.6 is 11.3 Å². The first-order valence-electron chi connectivity index (χ1n) is 6.71. The molecule has 4 heteroatoms. The molecular formula is C16H19N3S. The van der Waals surface area contributed by atoms with Gasteiger partial charge in [0.05, 0.1) is 17.1 Å². The molecule has 0 aliphatic rings. The number of hydrogen-bond donors (Lipinski definition) is 1. The molecule has 0 amide bonds. The molecule has 0 aliphatic carbocycles. The molecule has 2 aromatic rings. The maximum absolute atomic E-state index is 5.39. The van der Waals surface area contributed by atoms with E-state index in [1.807, 2.05) is 18.3 Å². The van der Waals surface area contributed by atoms with Crippen LogP contribution in [-0.4, -0.2) is 23.0 Å². The second kappa shape index (κ2) is 7.81. The quantitative estimate of drug-likeness (QED) is 0.858. The Morgan fingerprint density at radius 1 is 1.25 bits per heavy atom. The molecule has 0 bridgehead atoms. The van der Waals surface area contributed by atoms with E-state index in [1.165, 1.54) is 4.88 Å². The van der Waals surface area contributed by atoms with Crippen molar-refractivity contribution in [2.24, 2.45) is 5.73 Å². The summed E-state index contributed by atoms with van der Waals surface area (Å²) in [5.74, 6) is 5.97. The van der Waals surface area contributed by atoms with Gasteiger partial charge in [-0.05, 0) is 30.8 Å². The van der Waals surface area contributed by atoms with Crippen LogP contribution in [0.5, 0.6) is 0 Å². The van der Waals surface area contributed by atoms with Gasteiger partial charge < -0.3 is 5.73 Å². The van der Waals surface area contributed by atoms with Crippen molar-refractivity contribution in [3.63, 3.8) is 0 Å². The summed E-state index contributed by atoms with van der Waals surface area (Å²) < 4.78 is 0. The number of nitrogens with two attached hydrogens (primary N) is 1. The summed E-state index contributed by atoms with van der Waals surface area (Å²) in [4.78, 5) is 9.15. The number of nitrogens with zero attached hydrogens (tertiary/aromatic N) is 2. The summed E-state index contributed by atoms with van der Waals surface area (Å²) in [5, 5.41) is 0. The molecule has 0 aromatic carbocycles. The number of hydrogen-bond acceptors (Lipinski definition) is 4. The molecule has 0 aliphatic heterocycles. The monoisotopic (exact) mass is 285 g/mol. The summed E-state index contributed by atoms with van der Waals surface area (Å²) >= 11 is 1.74. The maximum atomic E-state index is 5.39. The van der Waals surface area contributed by atoms with Crippen molar-refractivity contribution in [1.29, 1.82) is 0 Å². The SMILES string of the molecule is CCN(Cc1ccccn1)Cc1ccc(C#CCN)s1. The van der Waals surface area contributed by atoms with Crippen molar-refractivity contribution in [1.82, 2.24) is 9.88 Å². The number of thiophene rings is 1. The highest BCUT2D eigenvalue weighted by atomic mass is 32.1. The fourth-order valence-electron chi connectivity index (χ4n) is 1.89. The number of aromatic nitrogens is 1. The minimum atomic E-state index is 0.411. The van der Waals surface area contributed by atoms with Crippen molar-refractivity contribution in [3.8, 4) is 11.8 Å². The van der Waals surface area contributed by atoms with Crippen LogP contribution in [0, 0.1) is 11.8 Å². The predicted octanol–water partition coefficient (Wildman–Crippen LogP) is 2.48. The summed E-state index contributed by atoms with van der Waals surface area (Å²) in [5.41, 5.74) is 6.49. The summed E-state index contributed by atoms with van der Waals surface area (Å²) in [6.45, 7) is 5.39. The van der Waals surface area contributed by atoms with Gasteiger partial charge in [-0.15, -0.1) is 11.3 Å². The third-order valence-electron chi connectivity index (χ3n) is 2.91. The Balaban J connectivity index is 1.97. The Morgan fingerprint density at radius 3 is 2.85 bits per heavy atom. The average molecular weight is 285 g/mol. The van der Waals surface area contributed by atoms with Crippen LogP contribution < -0.4 is 5.73 Å². The van der Waals surface area contributed by atoms with E-state index in [0.717, 1.165) is 30.2 Å². The molecular weight excluding hydrogens is 266 g/mol. The lowest BCUT2D eigenvalue weighted by Crippen LogP contribution is -2.22. The van der Waals surface area contributed by atoms with Gasteiger partial charge in [0.1, 0.15) is 0 Å². The van der Waals surface area contributed by atoms with Gasteiger partial charge in [0.15, 0.2) is 0 Å². The summed E-state index contributed by atoms with van der Waals surface area (Å²) in [7, 11) is 0. The molecule has 0 unspecified atom stereocenters. The second-order valence-corrected chi connectivity index (χ2v) is 5.56. The molecule has 20 heavy (non-hydrogen) atoms. The highest BCUT2D eigenvalue weighted by molar-refractivity contribution is 7.12. The Hall–Kier alpha value is -1.67. The second-order valence-electron chi connectivity index (χ2n) is 4.40. The highest BCUT2D eigenvalue weighted by Crippen LogP contribution is 2.18. The average Bonchev–Trinajstić information content (AvgIpc) is 2.93. The van der Waals surface area contributed by atoms with Gasteiger partial charge in [-0.3, -0.25) is 9.88 Å². The Kier molecular flexibility index (Phi) is 5.75. The van der Waals surface area contributed by atoms with E-state index in [-0.39, 0.29) is 0 Å². The van der Waals surface area contributed by atoms with E-state index in [4.69, 9.17) is 5.73 Å². The van der Waals surface area contributed by atoms with Gasteiger partial charge in [0, 0.05) is 24.2 Å². The van der Waals surface area contributed by atoms with E-state index in [0.29, 0.717) is 6.54 Å². The summed E-state index contributed by atoms with van der Waals surface area (Å²) in [6, 6.07) is 10.3. The van der Waals surface area contributed by atoms with Crippen LogP contribution in [0.1, 0.15) is 22.4 Å². The maximum Gasteiger partial charge on any atom is 0.0772 e. The molecule has 3 nitrogen and oxygen atoms in total. The predicted molar refractivity (Wildman–Crippen MR) is 84.3 cm³/mol. The number of rotatable bonds is 5. The van der Waals surface area contributed by atoms with Crippen molar-refractivity contribution in [2.45, 2.75) is 20.0 Å². The van der Waals surface area contributed by atoms with E-state index in [9.17, 15) is 0 Å². The van der Waals surface area contributed by atoms with Crippen LogP contribution in [0.2, 0.25) is 0 Å². The molecule has 0 saturated carbocycles. The first-order chi connectivity index (χ1) is 9.81. The van der Waals surface area contributed by atoms with Crippen molar-refractivity contribution in [3.05, 3.63) is 52.0 Å². The molecule has 2 rings (SSSR count). The zero-order valence-electron chi connectivity index (χ0n) is 11.7. The largest absolute Gasteiger partial charge is 0.320 e. The van der Waals surface area contributed by atoms with E-state index >= 15 is 0 Å². The first kappa shape index (κ1) is 14.7. The molecule has 104 valence electrons. The Bertz CT molecular complexity index is 581. The summed E-state index contributed by atoms with van der Waals surface area (Å²) in [6.07, 6.45) is 1.84. The molecule has 2 heterocycles. The smallest absolute Gasteiger partial charge is 0.0772 e. The van der Waals surface area contributed by atoms with Crippen molar-refractivity contribution in [2.75, 3.05) is 13.1 Å². The topological polar surface area (TPSA) is 42.2 Å². The standard InChI is InChI=1S/C16H19N3S/c1-2-19(12-14-6-3-4-11-18-14)13-16-9-8-15(20-16)7-5-10-17/h3-4,6,8-9,11H,2,10,12-13,17H2,1H3. The Labute approximate surface area is 124 Å². The zero-order chi connectivity index (χ0) is 14.2. The van der Waals surface area contributed by atoms with Crippen molar-refractivity contribution < 1.29 is 0 Å². The third kappa shape index (κ3) is 4.46. The van der Waals surface area contributed by atoms with Gasteiger partial charge in [-0.25, -0.2) is 0 Å². The van der Waals surface area contributed by atoms with Gasteiger partial charge in [-0.1, -0.05) is 24.8 Å². The van der Waals surface area contributed by atoms with Crippen LogP contribution in [-0.2, 0) is 13.1 Å². The lowest BCUT2D eigenvalue weighted by Gasteiger charge is -2.18. The van der Waals surface area contributed by atoms with Crippen LogP contribution in [0.25, 0.3) is 0 Å². The lowest BCUT2D eigenvalue weighted by molar-refractivity contribution is 0.270. The molecule has 2 N–H and O–H groups in total. The molecule has 0 spiro atoms. The first-order valence-corrected chi connectivity index (χ1v) is 7.53. The van der Waals surface area contributed by atoms with E-state index < -0.39 is 0 Å². The Morgan fingerprint density at radius 2 is 2.15 bits per heavy atom. The third-order valence-corrected chi connectivity index (χ3v) is 3.90. The zero-order valence-corrected chi connectivity index (χ0v) is 12.5. The van der Waals surface area contributed by atoms with Gasteiger partial charge in [0.2, 0.25) is 0 Å². The van der Waals surface area contributed by atoms with E-state index in [2.05, 4.69) is 46.8 Å². The molecule has 0 fully saturated rings. The van der Waals surface area contributed by atoms with Crippen molar-refractivity contribution >= 4 is 11.3 Å².